The van der Waals surface area contributed by atoms with Gasteiger partial charge in [0.1, 0.15) is 18.2 Å². The van der Waals surface area contributed by atoms with Gasteiger partial charge in [-0.15, -0.1) is 0 Å². The Kier molecular flexibility index (Phi) is 5.51. The van der Waals surface area contributed by atoms with E-state index in [1.165, 1.54) is 0 Å². The average Bonchev–Trinajstić information content (AvgIpc) is 2.48. The molecule has 2 aromatic rings. The zero-order valence-corrected chi connectivity index (χ0v) is 12.7. The van der Waals surface area contributed by atoms with Crippen LogP contribution in [0.1, 0.15) is 24.7 Å². The summed E-state index contributed by atoms with van der Waals surface area (Å²) in [4.78, 5) is 8.77. The highest BCUT2D eigenvalue weighted by Crippen LogP contribution is 2.24. The van der Waals surface area contributed by atoms with Crippen molar-refractivity contribution < 1.29 is 9.47 Å². The molecule has 0 bridgehead atoms. The largest absolute Gasteiger partial charge is 0.439 e. The number of nitrogens with zero attached hydrogens (tertiary/aromatic N) is 2. The third-order valence-corrected chi connectivity index (χ3v) is 2.89. The van der Waals surface area contributed by atoms with Crippen molar-refractivity contribution in [2.45, 2.75) is 26.9 Å². The molecule has 0 radical (unpaired) electrons. The topological polar surface area (TPSA) is 56.3 Å². The minimum atomic E-state index is 0.353. The Morgan fingerprint density at radius 1 is 1.19 bits per heavy atom. The van der Waals surface area contributed by atoms with Crippen LogP contribution >= 0.6 is 0 Å². The maximum absolute atomic E-state index is 5.87. The van der Waals surface area contributed by atoms with Crippen molar-refractivity contribution in [3.05, 3.63) is 41.7 Å². The van der Waals surface area contributed by atoms with Gasteiger partial charge in [0, 0.05) is 19.7 Å². The first-order chi connectivity index (χ1) is 10.2. The second-order valence-electron chi connectivity index (χ2n) is 4.73. The maximum atomic E-state index is 5.87. The number of benzene rings is 1. The van der Waals surface area contributed by atoms with Crippen LogP contribution in [0.4, 0.5) is 5.82 Å². The summed E-state index contributed by atoms with van der Waals surface area (Å²) < 4.78 is 11.0. The lowest BCUT2D eigenvalue weighted by Crippen LogP contribution is -2.06. The third-order valence-electron chi connectivity index (χ3n) is 2.89. The van der Waals surface area contributed by atoms with E-state index in [1.54, 1.807) is 13.2 Å². The number of para-hydroxylation sites is 1. The smallest absolute Gasteiger partial charge is 0.224 e. The monoisotopic (exact) mass is 287 g/mol. The molecule has 2 rings (SSSR count). The van der Waals surface area contributed by atoms with E-state index < -0.39 is 0 Å². The van der Waals surface area contributed by atoms with E-state index in [2.05, 4.69) is 22.2 Å². The van der Waals surface area contributed by atoms with Gasteiger partial charge in [0.25, 0.3) is 0 Å². The molecule has 1 N–H and O–H groups in total. The molecular weight excluding hydrogens is 266 g/mol. The van der Waals surface area contributed by atoms with Crippen LogP contribution in [0.3, 0.4) is 0 Å². The maximum Gasteiger partial charge on any atom is 0.224 e. The lowest BCUT2D eigenvalue weighted by atomic mass is 10.2. The molecule has 1 aromatic carbocycles. The molecule has 0 atom stereocenters. The Balaban J connectivity index is 2.24. The molecule has 0 aliphatic carbocycles. The van der Waals surface area contributed by atoms with Gasteiger partial charge in [0.15, 0.2) is 5.82 Å². The molecule has 1 aromatic heterocycles. The first kappa shape index (κ1) is 15.3. The van der Waals surface area contributed by atoms with Gasteiger partial charge in [-0.2, -0.15) is 4.98 Å². The van der Waals surface area contributed by atoms with E-state index in [9.17, 15) is 0 Å². The summed E-state index contributed by atoms with van der Waals surface area (Å²) in [5.74, 6) is 2.66. The van der Waals surface area contributed by atoms with Crippen molar-refractivity contribution in [1.82, 2.24) is 9.97 Å². The fraction of sp³-hybridized carbons (Fsp3) is 0.375. The SMILES string of the molecule is CCCNc1cc(Oc2ccccc2C)nc(COC)n1. The van der Waals surface area contributed by atoms with E-state index in [0.29, 0.717) is 18.3 Å². The Labute approximate surface area is 125 Å². The van der Waals surface area contributed by atoms with E-state index in [-0.39, 0.29) is 0 Å². The Morgan fingerprint density at radius 2 is 2.00 bits per heavy atom. The second-order valence-corrected chi connectivity index (χ2v) is 4.73. The molecule has 0 aliphatic heterocycles. The summed E-state index contributed by atoms with van der Waals surface area (Å²) in [5.41, 5.74) is 1.06. The number of aryl methyl sites for hydroxylation is 1. The fourth-order valence-corrected chi connectivity index (χ4v) is 1.85. The summed E-state index contributed by atoms with van der Waals surface area (Å²) in [7, 11) is 1.62. The summed E-state index contributed by atoms with van der Waals surface area (Å²) >= 11 is 0. The lowest BCUT2D eigenvalue weighted by Gasteiger charge is -2.11. The molecule has 0 saturated carbocycles. The van der Waals surface area contributed by atoms with Gasteiger partial charge in [0.2, 0.25) is 5.88 Å². The average molecular weight is 287 g/mol. The zero-order valence-electron chi connectivity index (χ0n) is 12.7. The van der Waals surface area contributed by atoms with Gasteiger partial charge < -0.3 is 14.8 Å². The van der Waals surface area contributed by atoms with Crippen molar-refractivity contribution >= 4 is 5.82 Å². The van der Waals surface area contributed by atoms with Gasteiger partial charge in [-0.3, -0.25) is 0 Å². The predicted octanol–water partition coefficient (Wildman–Crippen LogP) is 3.55. The number of anilines is 1. The predicted molar refractivity (Wildman–Crippen MR) is 82.8 cm³/mol. The molecule has 5 heteroatoms. The first-order valence-corrected chi connectivity index (χ1v) is 7.07. The summed E-state index contributed by atoms with van der Waals surface area (Å²) in [6.45, 7) is 5.32. The van der Waals surface area contributed by atoms with Crippen molar-refractivity contribution in [2.24, 2.45) is 0 Å². The lowest BCUT2D eigenvalue weighted by molar-refractivity contribution is 0.177. The van der Waals surface area contributed by atoms with Crippen LogP contribution in [-0.4, -0.2) is 23.6 Å². The molecule has 0 fully saturated rings. The number of ether oxygens (including phenoxy) is 2. The van der Waals surface area contributed by atoms with Gasteiger partial charge in [0.05, 0.1) is 0 Å². The number of hydrogen-bond donors (Lipinski definition) is 1. The minimum absolute atomic E-state index is 0.353. The quantitative estimate of drug-likeness (QED) is 0.844. The number of aromatic nitrogens is 2. The van der Waals surface area contributed by atoms with E-state index in [0.717, 1.165) is 30.1 Å². The third kappa shape index (κ3) is 4.43. The highest BCUT2D eigenvalue weighted by atomic mass is 16.5. The van der Waals surface area contributed by atoms with E-state index in [4.69, 9.17) is 9.47 Å². The minimum Gasteiger partial charge on any atom is -0.439 e. The Bertz CT molecular complexity index is 587. The fourth-order valence-electron chi connectivity index (χ4n) is 1.85. The first-order valence-electron chi connectivity index (χ1n) is 7.07. The Morgan fingerprint density at radius 3 is 2.71 bits per heavy atom. The normalized spacial score (nSPS) is 10.4. The number of hydrogen-bond acceptors (Lipinski definition) is 5. The van der Waals surface area contributed by atoms with Gasteiger partial charge in [-0.25, -0.2) is 4.98 Å². The van der Waals surface area contributed by atoms with E-state index >= 15 is 0 Å². The summed E-state index contributed by atoms with van der Waals surface area (Å²) in [6, 6.07) is 9.65. The molecule has 0 spiro atoms. The van der Waals surface area contributed by atoms with Crippen molar-refractivity contribution in [3.8, 4) is 11.6 Å². The molecule has 0 saturated heterocycles. The van der Waals surface area contributed by atoms with Crippen LogP contribution in [0.25, 0.3) is 0 Å². The molecule has 0 amide bonds. The number of nitrogens with one attached hydrogen (secondary N) is 1. The number of rotatable bonds is 7. The van der Waals surface area contributed by atoms with Crippen LogP contribution in [0.5, 0.6) is 11.6 Å². The standard InChI is InChI=1S/C16H21N3O2/c1-4-9-17-14-10-16(19-15(18-14)11-20-3)21-13-8-6-5-7-12(13)2/h5-8,10H,4,9,11H2,1-3H3,(H,17,18,19). The van der Waals surface area contributed by atoms with E-state index in [1.807, 2.05) is 31.2 Å². The van der Waals surface area contributed by atoms with Crippen LogP contribution in [0.2, 0.25) is 0 Å². The van der Waals surface area contributed by atoms with Crippen LogP contribution < -0.4 is 10.1 Å². The van der Waals surface area contributed by atoms with Gasteiger partial charge >= 0.3 is 0 Å². The van der Waals surface area contributed by atoms with Crippen molar-refractivity contribution in [1.29, 1.82) is 0 Å². The van der Waals surface area contributed by atoms with Crippen LogP contribution in [-0.2, 0) is 11.3 Å². The molecule has 112 valence electrons. The molecule has 0 unspecified atom stereocenters. The van der Waals surface area contributed by atoms with Gasteiger partial charge in [-0.1, -0.05) is 25.1 Å². The second kappa shape index (κ2) is 7.59. The summed E-state index contributed by atoms with van der Waals surface area (Å²) in [6.07, 6.45) is 1.03. The molecular formula is C16H21N3O2. The van der Waals surface area contributed by atoms with Crippen LogP contribution in [0, 0.1) is 6.92 Å². The zero-order chi connectivity index (χ0) is 15.1. The molecule has 1 heterocycles. The number of methoxy groups -OCH3 is 1. The Hall–Kier alpha value is -2.14. The molecule has 0 aliphatic rings. The summed E-state index contributed by atoms with van der Waals surface area (Å²) in [5, 5.41) is 3.25. The molecule has 21 heavy (non-hydrogen) atoms. The molecule has 5 nitrogen and oxygen atoms in total. The highest BCUT2D eigenvalue weighted by Gasteiger charge is 2.07. The van der Waals surface area contributed by atoms with Crippen molar-refractivity contribution in [2.75, 3.05) is 19.0 Å². The van der Waals surface area contributed by atoms with Crippen LogP contribution in [0.15, 0.2) is 30.3 Å². The van der Waals surface area contributed by atoms with Gasteiger partial charge in [-0.05, 0) is 25.0 Å². The van der Waals surface area contributed by atoms with Crippen molar-refractivity contribution in [3.63, 3.8) is 0 Å². The highest BCUT2D eigenvalue weighted by molar-refractivity contribution is 5.41.